The molecule has 1 aromatic carbocycles. The maximum Gasteiger partial charge on any atom is 0.153 e. The van der Waals surface area contributed by atoms with Crippen LogP contribution in [0.25, 0.3) is 10.6 Å². The molecule has 0 atom stereocenters. The molecule has 2 heterocycles. The van der Waals surface area contributed by atoms with Gasteiger partial charge in [-0.15, -0.1) is 11.3 Å². The molecule has 21 heavy (non-hydrogen) atoms. The summed E-state index contributed by atoms with van der Waals surface area (Å²) in [5.41, 5.74) is 2.47. The zero-order valence-electron chi connectivity index (χ0n) is 10.8. The average molecular weight is 426 g/mol. The minimum Gasteiger partial charge on any atom is -0.298 e. The Hall–Kier alpha value is -1.24. The lowest BCUT2D eigenvalue weighted by atomic mass is 10.2. The topological polar surface area (TPSA) is 34.9 Å². The second-order valence-corrected chi connectivity index (χ2v) is 7.25. The third-order valence-corrected chi connectivity index (χ3v) is 5.14. The minimum atomic E-state index is 0.611. The third kappa shape index (κ3) is 3.33. The summed E-state index contributed by atoms with van der Waals surface area (Å²) in [4.78, 5) is 12.2. The van der Waals surface area contributed by atoms with E-state index in [2.05, 4.69) is 37.0 Å². The van der Waals surface area contributed by atoms with E-state index in [1.54, 1.807) is 22.2 Å². The molecule has 3 rings (SSSR count). The van der Waals surface area contributed by atoms with Crippen LogP contribution in [0.15, 0.2) is 50.9 Å². The largest absolute Gasteiger partial charge is 0.298 e. The van der Waals surface area contributed by atoms with Gasteiger partial charge in [0, 0.05) is 20.5 Å². The van der Waals surface area contributed by atoms with Crippen LogP contribution in [0.1, 0.15) is 15.9 Å². The van der Waals surface area contributed by atoms with E-state index in [1.807, 2.05) is 35.7 Å². The van der Waals surface area contributed by atoms with Gasteiger partial charge in [0.25, 0.3) is 0 Å². The van der Waals surface area contributed by atoms with Crippen LogP contribution in [-0.4, -0.2) is 16.1 Å². The maximum atomic E-state index is 11.3. The first kappa shape index (κ1) is 14.7. The molecule has 106 valence electrons. The van der Waals surface area contributed by atoms with E-state index in [4.69, 9.17) is 0 Å². The van der Waals surface area contributed by atoms with Crippen molar-refractivity contribution in [1.82, 2.24) is 9.78 Å². The van der Waals surface area contributed by atoms with Crippen LogP contribution in [0.5, 0.6) is 0 Å². The quantitative estimate of drug-likeness (QED) is 0.551. The minimum absolute atomic E-state index is 0.611. The second-order valence-electron chi connectivity index (χ2n) is 4.51. The highest BCUT2D eigenvalue weighted by Gasteiger charge is 2.12. The van der Waals surface area contributed by atoms with E-state index in [0.29, 0.717) is 12.1 Å². The zero-order valence-corrected chi connectivity index (χ0v) is 14.8. The van der Waals surface area contributed by atoms with E-state index >= 15 is 0 Å². The lowest BCUT2D eigenvalue weighted by Gasteiger charge is -2.02. The van der Waals surface area contributed by atoms with Crippen molar-refractivity contribution in [3.63, 3.8) is 0 Å². The molecule has 0 aliphatic heterocycles. The van der Waals surface area contributed by atoms with E-state index in [1.165, 1.54) is 0 Å². The Balaban J connectivity index is 1.94. The Labute approximate surface area is 142 Å². The highest BCUT2D eigenvalue weighted by atomic mass is 79.9. The molecule has 0 amide bonds. The van der Waals surface area contributed by atoms with Crippen molar-refractivity contribution in [2.45, 2.75) is 6.54 Å². The van der Waals surface area contributed by atoms with Crippen LogP contribution in [0.2, 0.25) is 0 Å². The number of hydrogen-bond acceptors (Lipinski definition) is 3. The number of benzene rings is 1. The van der Waals surface area contributed by atoms with Gasteiger partial charge in [0.15, 0.2) is 6.29 Å². The normalized spacial score (nSPS) is 10.8. The molecule has 2 aromatic heterocycles. The smallest absolute Gasteiger partial charge is 0.153 e. The van der Waals surface area contributed by atoms with E-state index < -0.39 is 0 Å². The molecular formula is C15H10Br2N2OS. The van der Waals surface area contributed by atoms with Crippen molar-refractivity contribution >= 4 is 49.5 Å². The van der Waals surface area contributed by atoms with Gasteiger partial charge < -0.3 is 0 Å². The van der Waals surface area contributed by atoms with Gasteiger partial charge in [0.05, 0.1) is 17.0 Å². The van der Waals surface area contributed by atoms with Crippen LogP contribution < -0.4 is 0 Å². The van der Waals surface area contributed by atoms with Gasteiger partial charge in [-0.2, -0.15) is 5.10 Å². The number of thiophene rings is 1. The SMILES string of the molecule is O=Cc1cn(Cc2cccc(Br)c2)nc1-c1cc(Br)cs1. The second kappa shape index (κ2) is 6.25. The van der Waals surface area contributed by atoms with Crippen molar-refractivity contribution in [2.24, 2.45) is 0 Å². The Morgan fingerprint density at radius 1 is 1.24 bits per heavy atom. The predicted molar refractivity (Wildman–Crippen MR) is 91.9 cm³/mol. The summed E-state index contributed by atoms with van der Waals surface area (Å²) in [6.07, 6.45) is 2.64. The Kier molecular flexibility index (Phi) is 4.37. The van der Waals surface area contributed by atoms with Crippen molar-refractivity contribution in [3.05, 3.63) is 62.0 Å². The number of halogens is 2. The molecule has 6 heteroatoms. The number of carbonyl (C=O) groups excluding carboxylic acids is 1. The van der Waals surface area contributed by atoms with Crippen molar-refractivity contribution in [3.8, 4) is 10.6 Å². The van der Waals surface area contributed by atoms with Gasteiger partial charge in [-0.25, -0.2) is 0 Å². The molecule has 3 aromatic rings. The van der Waals surface area contributed by atoms with Crippen LogP contribution in [-0.2, 0) is 6.54 Å². The summed E-state index contributed by atoms with van der Waals surface area (Å²) in [5, 5.41) is 6.53. The summed E-state index contributed by atoms with van der Waals surface area (Å²) in [5.74, 6) is 0. The first-order valence-electron chi connectivity index (χ1n) is 6.17. The summed E-state index contributed by atoms with van der Waals surface area (Å²) < 4.78 is 3.83. The van der Waals surface area contributed by atoms with Crippen LogP contribution in [0.3, 0.4) is 0 Å². The van der Waals surface area contributed by atoms with Crippen molar-refractivity contribution in [2.75, 3.05) is 0 Å². The van der Waals surface area contributed by atoms with Gasteiger partial charge in [0.2, 0.25) is 0 Å². The Morgan fingerprint density at radius 2 is 2.10 bits per heavy atom. The monoisotopic (exact) mass is 424 g/mol. The molecule has 0 saturated carbocycles. The van der Waals surface area contributed by atoms with Crippen molar-refractivity contribution in [1.29, 1.82) is 0 Å². The molecule has 0 bridgehead atoms. The van der Waals surface area contributed by atoms with Crippen LogP contribution in [0.4, 0.5) is 0 Å². The van der Waals surface area contributed by atoms with Gasteiger partial charge >= 0.3 is 0 Å². The lowest BCUT2D eigenvalue weighted by Crippen LogP contribution is -2.00. The molecule has 0 aliphatic carbocycles. The molecule has 0 spiro atoms. The first-order valence-corrected chi connectivity index (χ1v) is 8.64. The van der Waals surface area contributed by atoms with Gasteiger partial charge in [0.1, 0.15) is 5.69 Å². The summed E-state index contributed by atoms with van der Waals surface area (Å²) in [7, 11) is 0. The first-order chi connectivity index (χ1) is 10.2. The number of carbonyl (C=O) groups is 1. The number of hydrogen-bond donors (Lipinski definition) is 0. The summed E-state index contributed by atoms with van der Waals surface area (Å²) in [6.45, 7) is 0.632. The molecule has 0 fully saturated rings. The molecule has 0 N–H and O–H groups in total. The highest BCUT2D eigenvalue weighted by molar-refractivity contribution is 9.10. The fourth-order valence-corrected chi connectivity index (χ4v) is 3.94. The lowest BCUT2D eigenvalue weighted by molar-refractivity contribution is 0.112. The van der Waals surface area contributed by atoms with E-state index in [0.717, 1.165) is 31.4 Å². The summed E-state index contributed by atoms with van der Waals surface area (Å²) in [6, 6.07) is 10.0. The fraction of sp³-hybridized carbons (Fsp3) is 0.0667. The molecule has 0 radical (unpaired) electrons. The average Bonchev–Trinajstić information content (AvgIpc) is 3.05. The Bertz CT molecular complexity index is 795. The number of rotatable bonds is 4. The van der Waals surface area contributed by atoms with E-state index in [-0.39, 0.29) is 0 Å². The highest BCUT2D eigenvalue weighted by Crippen LogP contribution is 2.30. The zero-order chi connectivity index (χ0) is 14.8. The van der Waals surface area contributed by atoms with Gasteiger partial charge in [-0.3, -0.25) is 9.48 Å². The Morgan fingerprint density at radius 3 is 2.76 bits per heavy atom. The predicted octanol–water partition coefficient (Wildman–Crippen LogP) is 5.00. The number of nitrogens with zero attached hydrogens (tertiary/aromatic N) is 2. The molecule has 0 saturated heterocycles. The molecule has 3 nitrogen and oxygen atoms in total. The van der Waals surface area contributed by atoms with Gasteiger partial charge in [-0.1, -0.05) is 28.1 Å². The van der Waals surface area contributed by atoms with Crippen molar-refractivity contribution < 1.29 is 4.79 Å². The summed E-state index contributed by atoms with van der Waals surface area (Å²) >= 11 is 8.45. The van der Waals surface area contributed by atoms with Gasteiger partial charge in [-0.05, 0) is 39.7 Å². The van der Waals surface area contributed by atoms with Crippen LogP contribution >= 0.6 is 43.2 Å². The van der Waals surface area contributed by atoms with Crippen LogP contribution in [0, 0.1) is 0 Å². The number of aromatic nitrogens is 2. The maximum absolute atomic E-state index is 11.3. The molecule has 0 unspecified atom stereocenters. The standard InChI is InChI=1S/C15H10Br2N2OS/c16-12-3-1-2-10(4-12)6-19-7-11(8-20)15(18-19)14-5-13(17)9-21-14/h1-5,7-9H,6H2. The molecular weight excluding hydrogens is 416 g/mol. The third-order valence-electron chi connectivity index (χ3n) is 2.95. The van der Waals surface area contributed by atoms with E-state index in [9.17, 15) is 4.79 Å². The fourth-order valence-electron chi connectivity index (χ4n) is 2.06. The molecule has 0 aliphatic rings. The number of aldehydes is 1.